The van der Waals surface area contributed by atoms with Crippen LogP contribution in [0.4, 0.5) is 11.4 Å². The molecule has 0 radical (unpaired) electrons. The van der Waals surface area contributed by atoms with Crippen molar-refractivity contribution in [3.05, 3.63) is 53.6 Å². The smallest absolute Gasteiger partial charge is 0.255 e. The van der Waals surface area contributed by atoms with Crippen LogP contribution in [0.5, 0.6) is 5.75 Å². The summed E-state index contributed by atoms with van der Waals surface area (Å²) in [6.45, 7) is 5.87. The molecule has 2 N–H and O–H groups in total. The molecule has 2 aliphatic heterocycles. The van der Waals surface area contributed by atoms with Crippen LogP contribution in [0.25, 0.3) is 0 Å². The molecule has 3 amide bonds. The lowest BCUT2D eigenvalue weighted by molar-refractivity contribution is -0.132. The van der Waals surface area contributed by atoms with E-state index in [0.717, 1.165) is 57.5 Å². The second-order valence-electron chi connectivity index (χ2n) is 10.3. The largest absolute Gasteiger partial charge is 0.497 e. The minimum absolute atomic E-state index is 0.0331. The van der Waals surface area contributed by atoms with Gasteiger partial charge in [0.05, 0.1) is 18.5 Å². The van der Waals surface area contributed by atoms with Crippen LogP contribution in [0, 0.1) is 5.92 Å². The van der Waals surface area contributed by atoms with Crippen LogP contribution < -0.4 is 20.3 Å². The van der Waals surface area contributed by atoms with Crippen molar-refractivity contribution in [2.75, 3.05) is 69.7 Å². The summed E-state index contributed by atoms with van der Waals surface area (Å²) in [6.07, 6.45) is 3.76. The van der Waals surface area contributed by atoms with E-state index < -0.39 is 0 Å². The topological polar surface area (TPSA) is 94.2 Å². The summed E-state index contributed by atoms with van der Waals surface area (Å²) in [5.41, 5.74) is 2.48. The van der Waals surface area contributed by atoms with Crippen molar-refractivity contribution in [2.24, 2.45) is 5.92 Å². The zero-order valence-corrected chi connectivity index (χ0v) is 22.1. The number of nitrogens with one attached hydrogen (secondary N) is 2. The van der Waals surface area contributed by atoms with Gasteiger partial charge in [-0.15, -0.1) is 0 Å². The number of carbonyl (C=O) groups is 3. The van der Waals surface area contributed by atoms with Gasteiger partial charge >= 0.3 is 0 Å². The number of hydrogen-bond donors (Lipinski definition) is 2. The van der Waals surface area contributed by atoms with Gasteiger partial charge in [-0.25, -0.2) is 0 Å². The third-order valence-electron chi connectivity index (χ3n) is 7.53. The highest BCUT2D eigenvalue weighted by Gasteiger charge is 2.34. The van der Waals surface area contributed by atoms with Crippen LogP contribution in [-0.2, 0) is 4.79 Å². The Balaban J connectivity index is 1.40. The van der Waals surface area contributed by atoms with E-state index in [2.05, 4.69) is 15.5 Å². The molecule has 202 valence electrons. The lowest BCUT2D eigenvalue weighted by Gasteiger charge is -2.27. The molecule has 2 saturated heterocycles. The molecule has 5 rings (SSSR count). The standard InChI is InChI=1S/C29H37N5O4/c1-38-24-6-2-5-22(19-24)27(35)31-25-20-23(29(37)33-13-3-11-30-12-16-33)9-10-26(25)32-14-4-15-34(18-17-32)28(36)21-7-8-21/h2,5-6,9-10,19-21,30H,3-4,7-8,11-18H2,1H3,(H,31,35). The summed E-state index contributed by atoms with van der Waals surface area (Å²) in [4.78, 5) is 45.4. The van der Waals surface area contributed by atoms with E-state index in [9.17, 15) is 14.4 Å². The van der Waals surface area contributed by atoms with E-state index in [1.54, 1.807) is 37.4 Å². The van der Waals surface area contributed by atoms with Crippen molar-refractivity contribution in [3.63, 3.8) is 0 Å². The number of hydrogen-bond acceptors (Lipinski definition) is 6. The molecular formula is C29H37N5O4. The second kappa shape index (κ2) is 11.9. The third-order valence-corrected chi connectivity index (χ3v) is 7.53. The van der Waals surface area contributed by atoms with Gasteiger partial charge < -0.3 is 30.1 Å². The fourth-order valence-corrected chi connectivity index (χ4v) is 5.20. The third kappa shape index (κ3) is 6.10. The lowest BCUT2D eigenvalue weighted by atomic mass is 10.1. The Morgan fingerprint density at radius 1 is 0.868 bits per heavy atom. The number of nitrogens with zero attached hydrogens (tertiary/aromatic N) is 3. The predicted molar refractivity (Wildman–Crippen MR) is 147 cm³/mol. The summed E-state index contributed by atoms with van der Waals surface area (Å²) in [5, 5.41) is 6.40. The number of ether oxygens (including phenoxy) is 1. The number of benzene rings is 2. The number of methoxy groups -OCH3 is 1. The summed E-state index contributed by atoms with van der Waals surface area (Å²) in [7, 11) is 1.57. The Hall–Kier alpha value is -3.59. The minimum Gasteiger partial charge on any atom is -0.497 e. The number of anilines is 2. The quantitative estimate of drug-likeness (QED) is 0.610. The van der Waals surface area contributed by atoms with Gasteiger partial charge in [-0.2, -0.15) is 0 Å². The molecule has 0 atom stereocenters. The molecule has 2 aromatic rings. The molecule has 0 aromatic heterocycles. The maximum Gasteiger partial charge on any atom is 0.255 e. The molecule has 1 saturated carbocycles. The van der Waals surface area contributed by atoms with Crippen LogP contribution in [0.15, 0.2) is 42.5 Å². The van der Waals surface area contributed by atoms with Gasteiger partial charge in [0, 0.05) is 62.9 Å². The van der Waals surface area contributed by atoms with Gasteiger partial charge in [-0.3, -0.25) is 14.4 Å². The van der Waals surface area contributed by atoms with Crippen LogP contribution in [0.3, 0.4) is 0 Å². The van der Waals surface area contributed by atoms with Crippen LogP contribution in [0.2, 0.25) is 0 Å². The highest BCUT2D eigenvalue weighted by Crippen LogP contribution is 2.33. The SMILES string of the molecule is COc1cccc(C(=O)Nc2cc(C(=O)N3CCCNCC3)ccc2N2CCCN(C(=O)C3CC3)CC2)c1. The Bertz CT molecular complexity index is 1170. The molecule has 2 aromatic carbocycles. The van der Waals surface area contributed by atoms with Gasteiger partial charge in [0.15, 0.2) is 0 Å². The van der Waals surface area contributed by atoms with Crippen molar-refractivity contribution >= 4 is 29.1 Å². The van der Waals surface area contributed by atoms with Crippen LogP contribution >= 0.6 is 0 Å². The molecule has 0 bridgehead atoms. The molecule has 3 fully saturated rings. The van der Waals surface area contributed by atoms with Crippen molar-refractivity contribution in [1.29, 1.82) is 0 Å². The Morgan fingerprint density at radius 3 is 2.53 bits per heavy atom. The van der Waals surface area contributed by atoms with Crippen molar-refractivity contribution in [3.8, 4) is 5.75 Å². The van der Waals surface area contributed by atoms with Crippen LogP contribution in [-0.4, -0.2) is 87.0 Å². The maximum atomic E-state index is 13.4. The number of rotatable bonds is 6. The first-order valence-corrected chi connectivity index (χ1v) is 13.7. The summed E-state index contributed by atoms with van der Waals surface area (Å²) in [5.74, 6) is 0.776. The van der Waals surface area contributed by atoms with E-state index in [-0.39, 0.29) is 23.6 Å². The van der Waals surface area contributed by atoms with Crippen molar-refractivity contribution < 1.29 is 19.1 Å². The normalized spacial score (nSPS) is 18.4. The molecule has 1 aliphatic carbocycles. The molecule has 9 heteroatoms. The number of carbonyl (C=O) groups excluding carboxylic acids is 3. The molecule has 2 heterocycles. The molecule has 0 unspecified atom stereocenters. The number of amides is 3. The fourth-order valence-electron chi connectivity index (χ4n) is 5.20. The van der Waals surface area contributed by atoms with Gasteiger partial charge in [0.2, 0.25) is 5.91 Å². The Morgan fingerprint density at radius 2 is 1.71 bits per heavy atom. The molecule has 3 aliphatic rings. The first-order valence-electron chi connectivity index (χ1n) is 13.7. The van der Waals surface area contributed by atoms with E-state index in [0.29, 0.717) is 48.7 Å². The van der Waals surface area contributed by atoms with E-state index in [4.69, 9.17) is 4.74 Å². The van der Waals surface area contributed by atoms with E-state index >= 15 is 0 Å². The average molecular weight is 520 g/mol. The predicted octanol–water partition coefficient (Wildman–Crippen LogP) is 2.83. The Kier molecular flexibility index (Phi) is 8.12. The summed E-state index contributed by atoms with van der Waals surface area (Å²) < 4.78 is 5.29. The first kappa shape index (κ1) is 26.0. The Labute approximate surface area is 224 Å². The monoisotopic (exact) mass is 519 g/mol. The highest BCUT2D eigenvalue weighted by molar-refractivity contribution is 6.07. The maximum absolute atomic E-state index is 13.4. The minimum atomic E-state index is -0.269. The van der Waals surface area contributed by atoms with E-state index in [1.165, 1.54) is 0 Å². The highest BCUT2D eigenvalue weighted by atomic mass is 16.5. The van der Waals surface area contributed by atoms with Gasteiger partial charge in [0.1, 0.15) is 5.75 Å². The zero-order valence-electron chi connectivity index (χ0n) is 22.1. The summed E-state index contributed by atoms with van der Waals surface area (Å²) >= 11 is 0. The molecule has 0 spiro atoms. The first-order chi connectivity index (χ1) is 18.5. The van der Waals surface area contributed by atoms with E-state index in [1.807, 2.05) is 21.9 Å². The molecule has 38 heavy (non-hydrogen) atoms. The van der Waals surface area contributed by atoms with Gasteiger partial charge in [0.25, 0.3) is 11.8 Å². The second-order valence-corrected chi connectivity index (χ2v) is 10.3. The van der Waals surface area contributed by atoms with Gasteiger partial charge in [-0.05, 0) is 68.6 Å². The van der Waals surface area contributed by atoms with Crippen LogP contribution in [0.1, 0.15) is 46.4 Å². The molecule has 9 nitrogen and oxygen atoms in total. The van der Waals surface area contributed by atoms with Crippen molar-refractivity contribution in [1.82, 2.24) is 15.1 Å². The zero-order chi connectivity index (χ0) is 26.5. The fraction of sp³-hybridized carbons (Fsp3) is 0.483. The lowest BCUT2D eigenvalue weighted by Crippen LogP contribution is -2.36. The summed E-state index contributed by atoms with van der Waals surface area (Å²) in [6, 6.07) is 12.6. The van der Waals surface area contributed by atoms with Crippen molar-refractivity contribution in [2.45, 2.75) is 25.7 Å². The average Bonchev–Trinajstić information content (AvgIpc) is 3.81. The van der Waals surface area contributed by atoms with Gasteiger partial charge in [-0.1, -0.05) is 6.07 Å². The molecular weight excluding hydrogens is 482 g/mol.